The topological polar surface area (TPSA) is 0 Å². The van der Waals surface area contributed by atoms with Crippen molar-refractivity contribution >= 4 is 12.6 Å². The third kappa shape index (κ3) is 38.2. The maximum absolute atomic E-state index is 9.67. The molecule has 1 aromatic carbocycles. The lowest BCUT2D eigenvalue weighted by atomic mass is 10.4. The Morgan fingerprint density at radius 2 is 1.00 bits per heavy atom. The van der Waals surface area contributed by atoms with E-state index in [0.29, 0.717) is 0 Å². The predicted molar refractivity (Wildman–Crippen MR) is 53.3 cm³/mol. The minimum atomic E-state index is -3.67. The van der Waals surface area contributed by atoms with Crippen molar-refractivity contribution in [3.05, 3.63) is 30.3 Å². The molecule has 0 spiro atoms. The summed E-state index contributed by atoms with van der Waals surface area (Å²) in [6.45, 7) is -3.67. The lowest BCUT2D eigenvalue weighted by Gasteiger charge is -1.81. The van der Waals surface area contributed by atoms with Crippen LogP contribution in [0.15, 0.2) is 35.2 Å². The van der Waals surface area contributed by atoms with E-state index in [0.717, 1.165) is 4.90 Å². The summed E-state index contributed by atoms with van der Waals surface area (Å²) in [5.74, 6) is 0. The lowest BCUT2D eigenvalue weighted by molar-refractivity contribution is 0.00819. The third-order valence-electron chi connectivity index (χ3n) is 0.756. The Labute approximate surface area is 92.1 Å². The molecule has 0 saturated carbocycles. The standard InChI is InChI=1S/C6H6S.CHF3.5FH/c7-6-4-2-1-3-5-6;2-1(3)4;;;;;/h1-5,7H;1H;5*1H. The molecule has 0 nitrogen and oxygen atoms in total. The summed E-state index contributed by atoms with van der Waals surface area (Å²) in [5.41, 5.74) is 0. The third-order valence-corrected chi connectivity index (χ3v) is 1.05. The quantitative estimate of drug-likeness (QED) is 0.540. The highest BCUT2D eigenvalue weighted by Gasteiger charge is 1.86. The van der Waals surface area contributed by atoms with Gasteiger partial charge in [0.2, 0.25) is 0 Å². The van der Waals surface area contributed by atoms with Crippen molar-refractivity contribution in [1.82, 2.24) is 0 Å². The molecule has 0 heterocycles. The second kappa shape index (κ2) is 23.7. The highest BCUT2D eigenvalue weighted by Crippen LogP contribution is 2.00. The zero-order valence-corrected chi connectivity index (χ0v) is 8.48. The Hall–Kier alpha value is -0.990. The van der Waals surface area contributed by atoms with E-state index < -0.39 is 6.68 Å². The van der Waals surface area contributed by atoms with E-state index >= 15 is 0 Å². The first kappa shape index (κ1) is 36.3. The minimum absolute atomic E-state index is 0. The Morgan fingerprint density at radius 1 is 0.750 bits per heavy atom. The molecule has 1 rings (SSSR count). The molecule has 0 fully saturated rings. The Morgan fingerprint density at radius 3 is 1.12 bits per heavy atom. The van der Waals surface area contributed by atoms with Gasteiger partial charge in [0.25, 0.3) is 0 Å². The molecule has 0 bridgehead atoms. The van der Waals surface area contributed by atoms with Crippen molar-refractivity contribution in [3.8, 4) is 0 Å². The fraction of sp³-hybridized carbons (Fsp3) is 0.143. The second-order valence-electron chi connectivity index (χ2n) is 1.58. The van der Waals surface area contributed by atoms with Crippen molar-refractivity contribution in [2.45, 2.75) is 11.6 Å². The van der Waals surface area contributed by atoms with Crippen LogP contribution in [0.2, 0.25) is 0 Å². The van der Waals surface area contributed by atoms with Crippen LogP contribution in [0.3, 0.4) is 0 Å². The summed E-state index contributed by atoms with van der Waals surface area (Å²) in [4.78, 5) is 1.02. The predicted octanol–water partition coefficient (Wildman–Crippen LogP) is 3.92. The number of halogens is 8. The maximum atomic E-state index is 9.67. The van der Waals surface area contributed by atoms with Gasteiger partial charge in [0, 0.05) is 4.90 Å². The number of hydrogen-bond donors (Lipinski definition) is 1. The van der Waals surface area contributed by atoms with Crippen molar-refractivity contribution in [3.63, 3.8) is 0 Å². The largest absolute Gasteiger partial charge is 0.379 e. The highest BCUT2D eigenvalue weighted by molar-refractivity contribution is 7.80. The van der Waals surface area contributed by atoms with Crippen molar-refractivity contribution in [2.75, 3.05) is 0 Å². The monoisotopic (exact) mass is 280 g/mol. The first-order valence-corrected chi connectivity index (χ1v) is 3.24. The Kier molecular flexibility index (Phi) is 53.7. The van der Waals surface area contributed by atoms with Gasteiger partial charge in [0.15, 0.2) is 0 Å². The molecule has 0 radical (unpaired) electrons. The molecule has 102 valence electrons. The van der Waals surface area contributed by atoms with Gasteiger partial charge in [-0.05, 0) is 12.1 Å². The molecule has 0 atom stereocenters. The van der Waals surface area contributed by atoms with E-state index in [2.05, 4.69) is 12.6 Å². The second-order valence-corrected chi connectivity index (χ2v) is 2.10. The zero-order chi connectivity index (χ0) is 8.69. The van der Waals surface area contributed by atoms with Crippen molar-refractivity contribution in [1.29, 1.82) is 0 Å². The van der Waals surface area contributed by atoms with Crippen LogP contribution in [0, 0.1) is 0 Å². The van der Waals surface area contributed by atoms with Crippen molar-refractivity contribution in [2.24, 2.45) is 0 Å². The Bertz CT molecular complexity index is 180. The summed E-state index contributed by atoms with van der Waals surface area (Å²) in [5, 5.41) is 0. The highest BCUT2D eigenvalue weighted by atomic mass is 32.1. The van der Waals surface area contributed by atoms with Gasteiger partial charge >= 0.3 is 6.68 Å². The molecule has 0 aromatic heterocycles. The van der Waals surface area contributed by atoms with Crippen LogP contribution in [0.25, 0.3) is 0 Å². The van der Waals surface area contributed by atoms with E-state index in [1.165, 1.54) is 0 Å². The first-order valence-electron chi connectivity index (χ1n) is 2.79. The van der Waals surface area contributed by atoms with Crippen LogP contribution in [0.1, 0.15) is 0 Å². The van der Waals surface area contributed by atoms with Crippen LogP contribution in [-0.2, 0) is 0 Å². The van der Waals surface area contributed by atoms with Gasteiger partial charge in [-0.25, -0.2) is 0 Å². The van der Waals surface area contributed by atoms with Gasteiger partial charge in [-0.15, -0.1) is 12.6 Å². The molecule has 0 aliphatic heterocycles. The smallest absolute Gasteiger partial charge is 0.269 e. The SMILES string of the molecule is F.F.F.F.F.FC(F)F.Sc1ccccc1. The summed E-state index contributed by atoms with van der Waals surface area (Å²) < 4.78 is 29.0. The number of alkyl halides is 3. The number of rotatable bonds is 0. The number of thiol groups is 1. The molecule has 9 heteroatoms. The molecule has 0 aliphatic rings. The zero-order valence-electron chi connectivity index (χ0n) is 7.59. The van der Waals surface area contributed by atoms with E-state index in [-0.39, 0.29) is 23.5 Å². The van der Waals surface area contributed by atoms with Crippen LogP contribution in [-0.4, -0.2) is 6.68 Å². The average molecular weight is 280 g/mol. The summed E-state index contributed by atoms with van der Waals surface area (Å²) in [7, 11) is 0. The van der Waals surface area contributed by atoms with Crippen LogP contribution < -0.4 is 0 Å². The fourth-order valence-electron chi connectivity index (χ4n) is 0.428. The van der Waals surface area contributed by atoms with Crippen molar-refractivity contribution < 1.29 is 36.7 Å². The summed E-state index contributed by atoms with van der Waals surface area (Å²) >= 11 is 4.08. The van der Waals surface area contributed by atoms with Gasteiger partial charge in [-0.2, -0.15) is 13.2 Å². The van der Waals surface area contributed by atoms with Crippen LogP contribution in [0.5, 0.6) is 0 Å². The van der Waals surface area contributed by atoms with E-state index in [9.17, 15) is 13.2 Å². The maximum Gasteiger partial charge on any atom is 0.379 e. The van der Waals surface area contributed by atoms with Crippen LogP contribution >= 0.6 is 12.6 Å². The molecule has 0 unspecified atom stereocenters. The van der Waals surface area contributed by atoms with Crippen LogP contribution in [0.4, 0.5) is 36.7 Å². The number of benzene rings is 1. The molecule has 16 heavy (non-hydrogen) atoms. The normalized spacial score (nSPS) is 6.06. The van der Waals surface area contributed by atoms with Gasteiger partial charge in [-0.3, -0.25) is 23.5 Å². The minimum Gasteiger partial charge on any atom is -0.269 e. The van der Waals surface area contributed by atoms with E-state index in [4.69, 9.17) is 0 Å². The number of hydrogen-bond acceptors (Lipinski definition) is 1. The average Bonchev–Trinajstić information content (AvgIpc) is 1.87. The summed E-state index contributed by atoms with van der Waals surface area (Å²) in [6.07, 6.45) is 0. The molecule has 0 amide bonds. The molecule has 0 N–H and O–H groups in total. The van der Waals surface area contributed by atoms with Gasteiger partial charge in [-0.1, -0.05) is 18.2 Å². The molecule has 1 aromatic rings. The first-order chi connectivity index (χ1) is 5.13. The lowest BCUT2D eigenvalue weighted by Crippen LogP contribution is -1.65. The summed E-state index contributed by atoms with van der Waals surface area (Å²) in [6, 6.07) is 9.79. The van der Waals surface area contributed by atoms with Gasteiger partial charge in [0.1, 0.15) is 0 Å². The molecule has 0 aliphatic carbocycles. The molecular formula is C7H12F8S. The Balaban J connectivity index is -0.0000000257. The van der Waals surface area contributed by atoms with Gasteiger partial charge < -0.3 is 0 Å². The van der Waals surface area contributed by atoms with Gasteiger partial charge in [0.05, 0.1) is 0 Å². The fourth-order valence-corrected chi connectivity index (χ4v) is 0.600. The van der Waals surface area contributed by atoms with E-state index in [1.54, 1.807) is 0 Å². The van der Waals surface area contributed by atoms with E-state index in [1.807, 2.05) is 30.3 Å². The molecular weight excluding hydrogens is 268 g/mol. The molecule has 0 saturated heterocycles.